The van der Waals surface area contributed by atoms with Crippen LogP contribution in [0.1, 0.15) is 22.0 Å². The highest BCUT2D eigenvalue weighted by atomic mass is 35.5. The van der Waals surface area contributed by atoms with Crippen molar-refractivity contribution in [1.29, 1.82) is 0 Å². The highest BCUT2D eigenvalue weighted by Crippen LogP contribution is 2.22. The molecule has 0 atom stereocenters. The van der Waals surface area contributed by atoms with E-state index in [2.05, 4.69) is 10.2 Å². The molecule has 0 saturated carbocycles. The molecule has 1 aromatic heterocycles. The number of carbonyl (C=O) groups excluding carboxylic acids is 1. The maximum Gasteiger partial charge on any atom is 0.170 e. The van der Waals surface area contributed by atoms with Crippen LogP contribution in [0.2, 0.25) is 5.02 Å². The monoisotopic (exact) mass is 265 g/mol. The van der Waals surface area contributed by atoms with Crippen molar-refractivity contribution in [3.05, 3.63) is 40.4 Å². The van der Waals surface area contributed by atoms with Gasteiger partial charge < -0.3 is 9.30 Å². The molecule has 2 rings (SSSR count). The van der Waals surface area contributed by atoms with Crippen molar-refractivity contribution in [1.82, 2.24) is 14.8 Å². The minimum atomic E-state index is 0.250. The number of rotatable bonds is 4. The van der Waals surface area contributed by atoms with Crippen molar-refractivity contribution in [2.24, 2.45) is 7.05 Å². The van der Waals surface area contributed by atoms with Crippen LogP contribution >= 0.6 is 11.6 Å². The molecule has 18 heavy (non-hydrogen) atoms. The van der Waals surface area contributed by atoms with E-state index >= 15 is 0 Å². The Morgan fingerprint density at radius 1 is 1.44 bits per heavy atom. The van der Waals surface area contributed by atoms with Gasteiger partial charge in [0.05, 0.1) is 5.56 Å². The first kappa shape index (κ1) is 12.6. The van der Waals surface area contributed by atoms with Crippen LogP contribution in [0.4, 0.5) is 0 Å². The smallest absolute Gasteiger partial charge is 0.170 e. The third-order valence-electron chi connectivity index (χ3n) is 2.64. The Morgan fingerprint density at radius 2 is 2.22 bits per heavy atom. The zero-order chi connectivity index (χ0) is 13.1. The van der Waals surface area contributed by atoms with E-state index in [4.69, 9.17) is 16.3 Å². The number of benzene rings is 1. The Hall–Kier alpha value is -1.88. The molecule has 0 spiro atoms. The van der Waals surface area contributed by atoms with Crippen molar-refractivity contribution in [2.45, 2.75) is 13.5 Å². The zero-order valence-corrected chi connectivity index (χ0v) is 10.8. The number of ether oxygens (including phenoxy) is 1. The van der Waals surface area contributed by atoms with Gasteiger partial charge in [0, 0.05) is 12.1 Å². The van der Waals surface area contributed by atoms with E-state index in [-0.39, 0.29) is 6.61 Å². The predicted molar refractivity (Wildman–Crippen MR) is 66.9 cm³/mol. The molecule has 1 heterocycles. The molecular formula is C12H12ClN3O2. The molecule has 0 fully saturated rings. The van der Waals surface area contributed by atoms with Crippen molar-refractivity contribution in [3.8, 4) is 5.75 Å². The second kappa shape index (κ2) is 5.18. The van der Waals surface area contributed by atoms with E-state index in [0.717, 1.165) is 5.82 Å². The summed E-state index contributed by atoms with van der Waals surface area (Å²) in [6.45, 7) is 2.11. The number of carbonyl (C=O) groups is 1. The molecule has 0 radical (unpaired) electrons. The van der Waals surface area contributed by atoms with Gasteiger partial charge >= 0.3 is 0 Å². The lowest BCUT2D eigenvalue weighted by Gasteiger charge is -2.08. The van der Waals surface area contributed by atoms with Gasteiger partial charge in [-0.2, -0.15) is 0 Å². The largest absolute Gasteiger partial charge is 0.485 e. The fourth-order valence-electron chi connectivity index (χ4n) is 1.46. The van der Waals surface area contributed by atoms with Gasteiger partial charge in [-0.25, -0.2) is 0 Å². The van der Waals surface area contributed by atoms with E-state index in [1.807, 2.05) is 18.5 Å². The molecule has 0 N–H and O–H groups in total. The summed E-state index contributed by atoms with van der Waals surface area (Å²) >= 11 is 5.80. The van der Waals surface area contributed by atoms with Crippen LogP contribution < -0.4 is 4.74 Å². The van der Waals surface area contributed by atoms with E-state index in [1.165, 1.54) is 0 Å². The molecule has 0 aliphatic carbocycles. The van der Waals surface area contributed by atoms with Crippen LogP contribution in [0.15, 0.2) is 18.2 Å². The molecule has 0 saturated heterocycles. The first-order chi connectivity index (χ1) is 8.61. The summed E-state index contributed by atoms with van der Waals surface area (Å²) in [5.41, 5.74) is 0.418. The minimum Gasteiger partial charge on any atom is -0.485 e. The first-order valence-corrected chi connectivity index (χ1v) is 5.72. The number of aldehydes is 1. The average Bonchev–Trinajstić information content (AvgIpc) is 2.68. The lowest BCUT2D eigenvalue weighted by Crippen LogP contribution is -2.05. The summed E-state index contributed by atoms with van der Waals surface area (Å²) in [5, 5.41) is 8.40. The number of hydrogen-bond acceptors (Lipinski definition) is 4. The molecule has 2 aromatic rings. The van der Waals surface area contributed by atoms with E-state index in [1.54, 1.807) is 18.2 Å². The third-order valence-corrected chi connectivity index (χ3v) is 2.87. The van der Waals surface area contributed by atoms with Crippen LogP contribution in [0, 0.1) is 6.92 Å². The third kappa shape index (κ3) is 2.51. The van der Waals surface area contributed by atoms with Gasteiger partial charge in [-0.05, 0) is 25.1 Å². The van der Waals surface area contributed by atoms with E-state index in [0.29, 0.717) is 28.4 Å². The topological polar surface area (TPSA) is 57.0 Å². The SMILES string of the molecule is Cc1nnc(COc2ccc(Cl)cc2C=O)n1C. The molecule has 0 aliphatic rings. The molecule has 5 nitrogen and oxygen atoms in total. The van der Waals surface area contributed by atoms with Crippen molar-refractivity contribution in [2.75, 3.05) is 0 Å². The summed E-state index contributed by atoms with van der Waals surface area (Å²) in [6, 6.07) is 4.90. The molecule has 6 heteroatoms. The summed E-state index contributed by atoms with van der Waals surface area (Å²) in [7, 11) is 1.86. The second-order valence-corrected chi connectivity index (χ2v) is 4.25. The molecule has 0 bridgehead atoms. The minimum absolute atomic E-state index is 0.250. The van der Waals surface area contributed by atoms with Gasteiger partial charge in [0.25, 0.3) is 0 Å². The van der Waals surface area contributed by atoms with Gasteiger partial charge in [-0.1, -0.05) is 11.6 Å². The number of aryl methyl sites for hydroxylation is 1. The Kier molecular flexibility index (Phi) is 3.62. The van der Waals surface area contributed by atoms with Gasteiger partial charge in [0.1, 0.15) is 18.2 Å². The quantitative estimate of drug-likeness (QED) is 0.795. The van der Waals surface area contributed by atoms with Gasteiger partial charge in [-0.3, -0.25) is 4.79 Å². The van der Waals surface area contributed by atoms with Crippen LogP contribution in [0.25, 0.3) is 0 Å². The van der Waals surface area contributed by atoms with Crippen molar-refractivity contribution >= 4 is 17.9 Å². The fraction of sp³-hybridized carbons (Fsp3) is 0.250. The second-order valence-electron chi connectivity index (χ2n) is 3.81. The van der Waals surface area contributed by atoms with Crippen LogP contribution in [-0.2, 0) is 13.7 Å². The van der Waals surface area contributed by atoms with Crippen LogP contribution in [0.5, 0.6) is 5.75 Å². The summed E-state index contributed by atoms with van der Waals surface area (Å²) < 4.78 is 7.38. The van der Waals surface area contributed by atoms with Gasteiger partial charge in [-0.15, -0.1) is 10.2 Å². The Morgan fingerprint density at radius 3 is 2.83 bits per heavy atom. The summed E-state index contributed by atoms with van der Waals surface area (Å²) in [5.74, 6) is 1.98. The zero-order valence-electron chi connectivity index (χ0n) is 10.1. The van der Waals surface area contributed by atoms with E-state index < -0.39 is 0 Å². The maximum atomic E-state index is 10.9. The fourth-order valence-corrected chi connectivity index (χ4v) is 1.64. The van der Waals surface area contributed by atoms with Crippen LogP contribution in [0.3, 0.4) is 0 Å². The Bertz CT molecular complexity index is 581. The molecule has 1 aromatic carbocycles. The van der Waals surface area contributed by atoms with Crippen molar-refractivity contribution in [3.63, 3.8) is 0 Å². The molecular weight excluding hydrogens is 254 g/mol. The van der Waals surface area contributed by atoms with Gasteiger partial charge in [0.15, 0.2) is 12.1 Å². The standard InChI is InChI=1S/C12H12ClN3O2/c1-8-14-15-12(16(8)2)7-18-11-4-3-10(13)5-9(11)6-17/h3-6H,7H2,1-2H3. The number of halogens is 1. The number of nitrogens with zero attached hydrogens (tertiary/aromatic N) is 3. The van der Waals surface area contributed by atoms with Crippen LogP contribution in [-0.4, -0.2) is 21.1 Å². The highest BCUT2D eigenvalue weighted by molar-refractivity contribution is 6.30. The average molecular weight is 266 g/mol. The normalized spacial score (nSPS) is 10.4. The van der Waals surface area contributed by atoms with E-state index in [9.17, 15) is 4.79 Å². The highest BCUT2D eigenvalue weighted by Gasteiger charge is 2.08. The number of hydrogen-bond donors (Lipinski definition) is 0. The maximum absolute atomic E-state index is 10.9. The first-order valence-electron chi connectivity index (χ1n) is 5.34. The Balaban J connectivity index is 2.15. The predicted octanol–water partition coefficient (Wildman–Crippen LogP) is 2.17. The molecule has 94 valence electrons. The molecule has 0 amide bonds. The molecule has 0 unspecified atom stereocenters. The summed E-state index contributed by atoms with van der Waals surface area (Å²) in [6.07, 6.45) is 0.711. The lowest BCUT2D eigenvalue weighted by atomic mass is 10.2. The lowest BCUT2D eigenvalue weighted by molar-refractivity contribution is 0.111. The summed E-state index contributed by atoms with van der Waals surface area (Å²) in [4.78, 5) is 10.9. The Labute approximate surface area is 109 Å². The van der Waals surface area contributed by atoms with Crippen molar-refractivity contribution < 1.29 is 9.53 Å². The van der Waals surface area contributed by atoms with Gasteiger partial charge in [0.2, 0.25) is 0 Å². The molecule has 0 aliphatic heterocycles. The number of aromatic nitrogens is 3.